The fourth-order valence-electron chi connectivity index (χ4n) is 4.00. The highest BCUT2D eigenvalue weighted by atomic mass is 19.1. The van der Waals surface area contributed by atoms with Gasteiger partial charge >= 0.3 is 0 Å². The number of likely N-dealkylation sites (tertiary alicyclic amines) is 1. The number of nitrogens with zero attached hydrogens (tertiary/aromatic N) is 1. The van der Waals surface area contributed by atoms with Gasteiger partial charge in [-0.1, -0.05) is 12.8 Å². The third-order valence-corrected chi connectivity index (χ3v) is 5.62. The van der Waals surface area contributed by atoms with Crippen LogP contribution in [0.15, 0.2) is 24.3 Å². The largest absolute Gasteiger partial charge is 0.354 e. The van der Waals surface area contributed by atoms with Crippen molar-refractivity contribution in [3.8, 4) is 0 Å². The van der Waals surface area contributed by atoms with Gasteiger partial charge in [0.1, 0.15) is 5.82 Å². The van der Waals surface area contributed by atoms with Gasteiger partial charge in [-0.25, -0.2) is 4.39 Å². The van der Waals surface area contributed by atoms with Crippen LogP contribution in [0.5, 0.6) is 0 Å². The van der Waals surface area contributed by atoms with E-state index < -0.39 is 0 Å². The summed E-state index contributed by atoms with van der Waals surface area (Å²) in [7, 11) is 0. The molecule has 0 spiro atoms. The van der Waals surface area contributed by atoms with Crippen molar-refractivity contribution in [2.75, 3.05) is 26.2 Å². The first-order chi connectivity index (χ1) is 13.5. The van der Waals surface area contributed by atoms with Crippen molar-refractivity contribution in [2.24, 2.45) is 11.8 Å². The van der Waals surface area contributed by atoms with Crippen molar-refractivity contribution in [1.29, 1.82) is 0 Å². The molecule has 2 N–H and O–H groups in total. The van der Waals surface area contributed by atoms with Crippen molar-refractivity contribution in [3.63, 3.8) is 0 Å². The van der Waals surface area contributed by atoms with Crippen LogP contribution in [0.4, 0.5) is 4.39 Å². The van der Waals surface area contributed by atoms with Gasteiger partial charge in [0.2, 0.25) is 11.8 Å². The number of rotatable bonds is 6. The average Bonchev–Trinajstić information content (AvgIpc) is 3.26. The Morgan fingerprint density at radius 3 is 2.11 bits per heavy atom. The Kier molecular flexibility index (Phi) is 7.01. The van der Waals surface area contributed by atoms with Crippen LogP contribution in [0.2, 0.25) is 0 Å². The second-order valence-electron chi connectivity index (χ2n) is 7.66. The Morgan fingerprint density at radius 2 is 1.46 bits per heavy atom. The quantitative estimate of drug-likeness (QED) is 0.732. The summed E-state index contributed by atoms with van der Waals surface area (Å²) in [6.45, 7) is 1.76. The van der Waals surface area contributed by atoms with Gasteiger partial charge in [0.05, 0.1) is 5.92 Å². The zero-order chi connectivity index (χ0) is 19.9. The summed E-state index contributed by atoms with van der Waals surface area (Å²) in [5, 5.41) is 5.75. The summed E-state index contributed by atoms with van der Waals surface area (Å²) < 4.78 is 13.0. The fourth-order valence-corrected chi connectivity index (χ4v) is 4.00. The summed E-state index contributed by atoms with van der Waals surface area (Å²) in [5.41, 5.74) is 0.428. The Labute approximate surface area is 164 Å². The topological polar surface area (TPSA) is 78.5 Å². The molecule has 1 aliphatic heterocycles. The lowest BCUT2D eigenvalue weighted by Gasteiger charge is -2.32. The van der Waals surface area contributed by atoms with Gasteiger partial charge < -0.3 is 15.5 Å². The van der Waals surface area contributed by atoms with Crippen LogP contribution in [0.25, 0.3) is 0 Å². The second-order valence-corrected chi connectivity index (χ2v) is 7.66. The molecule has 152 valence electrons. The van der Waals surface area contributed by atoms with E-state index in [4.69, 9.17) is 0 Å². The minimum Gasteiger partial charge on any atom is -0.354 e. The standard InChI is InChI=1S/C21H28FN3O3/c22-18-9-7-16(8-10-18)21(28)25-13-3-6-17(14-25)20(27)24-12-11-23-19(26)15-4-1-2-5-15/h7-10,15,17H,1-6,11-14H2,(H,23,26)(H,24,27). The fraction of sp³-hybridized carbons (Fsp3) is 0.571. The van der Waals surface area contributed by atoms with E-state index in [0.717, 1.165) is 38.5 Å². The smallest absolute Gasteiger partial charge is 0.253 e. The van der Waals surface area contributed by atoms with Crippen LogP contribution >= 0.6 is 0 Å². The summed E-state index contributed by atoms with van der Waals surface area (Å²) >= 11 is 0. The Hall–Kier alpha value is -2.44. The van der Waals surface area contributed by atoms with Crippen LogP contribution in [0, 0.1) is 17.7 Å². The number of benzene rings is 1. The van der Waals surface area contributed by atoms with Crippen molar-refractivity contribution in [1.82, 2.24) is 15.5 Å². The highest BCUT2D eigenvalue weighted by Crippen LogP contribution is 2.24. The first-order valence-electron chi connectivity index (χ1n) is 10.1. The normalized spacial score (nSPS) is 20.0. The number of carbonyl (C=O) groups is 3. The molecule has 28 heavy (non-hydrogen) atoms. The van der Waals surface area contributed by atoms with Gasteiger partial charge in [-0.15, -0.1) is 0 Å². The van der Waals surface area contributed by atoms with Gasteiger partial charge in [0.15, 0.2) is 0 Å². The molecule has 6 nitrogen and oxygen atoms in total. The minimum absolute atomic E-state index is 0.0838. The molecule has 1 saturated heterocycles. The van der Waals surface area contributed by atoms with E-state index in [1.807, 2.05) is 0 Å². The number of nitrogens with one attached hydrogen (secondary N) is 2. The molecule has 1 aliphatic carbocycles. The first-order valence-corrected chi connectivity index (χ1v) is 10.1. The molecule has 0 bridgehead atoms. The lowest BCUT2D eigenvalue weighted by Crippen LogP contribution is -2.46. The van der Waals surface area contributed by atoms with Crippen LogP contribution < -0.4 is 10.6 Å². The monoisotopic (exact) mass is 389 g/mol. The summed E-state index contributed by atoms with van der Waals surface area (Å²) in [5.74, 6) is -0.704. The lowest BCUT2D eigenvalue weighted by atomic mass is 9.96. The van der Waals surface area contributed by atoms with Gasteiger partial charge in [0, 0.05) is 37.7 Å². The molecule has 7 heteroatoms. The lowest BCUT2D eigenvalue weighted by molar-refractivity contribution is -0.127. The second kappa shape index (κ2) is 9.66. The average molecular weight is 389 g/mol. The van der Waals surface area contributed by atoms with Crippen molar-refractivity contribution in [2.45, 2.75) is 38.5 Å². The Bertz CT molecular complexity index is 701. The molecule has 1 aromatic rings. The third-order valence-electron chi connectivity index (χ3n) is 5.62. The van der Waals surface area contributed by atoms with Crippen molar-refractivity contribution in [3.05, 3.63) is 35.6 Å². The SMILES string of the molecule is O=C(NCCNC(=O)C1CCCN(C(=O)c2ccc(F)cc2)C1)C1CCCC1. The molecule has 3 amide bonds. The number of halogens is 1. The number of hydrogen-bond donors (Lipinski definition) is 2. The molecule has 2 fully saturated rings. The predicted octanol–water partition coefficient (Wildman–Crippen LogP) is 2.10. The molecule has 2 aliphatic rings. The van der Waals surface area contributed by atoms with E-state index in [9.17, 15) is 18.8 Å². The number of piperidine rings is 1. The molecule has 1 unspecified atom stereocenters. The number of amides is 3. The summed E-state index contributed by atoms with van der Waals surface area (Å²) in [4.78, 5) is 38.6. The molecule has 1 aromatic carbocycles. The molecule has 0 aromatic heterocycles. The van der Waals surface area contributed by atoms with Crippen molar-refractivity contribution < 1.29 is 18.8 Å². The molecule has 1 saturated carbocycles. The van der Waals surface area contributed by atoms with Crippen LogP contribution in [-0.4, -0.2) is 48.8 Å². The zero-order valence-corrected chi connectivity index (χ0v) is 16.1. The molecular weight excluding hydrogens is 361 g/mol. The van der Waals surface area contributed by atoms with E-state index in [2.05, 4.69) is 10.6 Å². The Balaban J connectivity index is 1.41. The zero-order valence-electron chi connectivity index (χ0n) is 16.1. The van der Waals surface area contributed by atoms with Gasteiger partial charge in [-0.3, -0.25) is 14.4 Å². The number of carbonyl (C=O) groups excluding carboxylic acids is 3. The van der Waals surface area contributed by atoms with E-state index in [-0.39, 0.29) is 35.4 Å². The van der Waals surface area contributed by atoms with Gasteiger partial charge in [0.25, 0.3) is 5.91 Å². The third kappa shape index (κ3) is 5.30. The van der Waals surface area contributed by atoms with Gasteiger partial charge in [-0.2, -0.15) is 0 Å². The highest BCUT2D eigenvalue weighted by Gasteiger charge is 2.29. The van der Waals surface area contributed by atoms with E-state index >= 15 is 0 Å². The number of hydrogen-bond acceptors (Lipinski definition) is 3. The molecule has 0 radical (unpaired) electrons. The maximum absolute atomic E-state index is 13.0. The molecule has 3 rings (SSSR count). The highest BCUT2D eigenvalue weighted by molar-refractivity contribution is 5.94. The minimum atomic E-state index is -0.382. The molecule has 1 heterocycles. The maximum Gasteiger partial charge on any atom is 0.253 e. The van der Waals surface area contributed by atoms with Crippen LogP contribution in [0.3, 0.4) is 0 Å². The van der Waals surface area contributed by atoms with Crippen molar-refractivity contribution >= 4 is 17.7 Å². The maximum atomic E-state index is 13.0. The van der Waals surface area contributed by atoms with Gasteiger partial charge in [-0.05, 0) is 49.9 Å². The Morgan fingerprint density at radius 1 is 0.893 bits per heavy atom. The van der Waals surface area contributed by atoms with Crippen LogP contribution in [-0.2, 0) is 9.59 Å². The van der Waals surface area contributed by atoms with E-state index in [1.165, 1.54) is 24.3 Å². The molecular formula is C21H28FN3O3. The summed E-state index contributed by atoms with van der Waals surface area (Å²) in [6, 6.07) is 5.46. The summed E-state index contributed by atoms with van der Waals surface area (Å²) in [6.07, 6.45) is 5.63. The predicted molar refractivity (Wildman–Crippen MR) is 103 cm³/mol. The van der Waals surface area contributed by atoms with E-state index in [1.54, 1.807) is 4.90 Å². The first kappa shape index (κ1) is 20.3. The molecule has 1 atom stereocenters. The van der Waals surface area contributed by atoms with Crippen LogP contribution in [0.1, 0.15) is 48.9 Å². The van der Waals surface area contributed by atoms with E-state index in [0.29, 0.717) is 31.7 Å².